The summed E-state index contributed by atoms with van der Waals surface area (Å²) < 4.78 is 40.8. The first kappa shape index (κ1) is 21.6. The van der Waals surface area contributed by atoms with Crippen LogP contribution in [0.4, 0.5) is 18.9 Å². The van der Waals surface area contributed by atoms with E-state index < -0.39 is 29.9 Å². The van der Waals surface area contributed by atoms with E-state index >= 15 is 0 Å². The van der Waals surface area contributed by atoms with Gasteiger partial charge < -0.3 is 5.32 Å². The zero-order valence-electron chi connectivity index (χ0n) is 16.6. The molecule has 0 fully saturated rings. The van der Waals surface area contributed by atoms with Crippen LogP contribution in [0.25, 0.3) is 5.65 Å². The number of benzene rings is 2. The van der Waals surface area contributed by atoms with Crippen LogP contribution in [-0.2, 0) is 17.5 Å². The van der Waals surface area contributed by atoms with E-state index in [9.17, 15) is 22.8 Å². The van der Waals surface area contributed by atoms with Crippen LogP contribution < -0.4 is 11.0 Å². The number of hydrogen-bond acceptors (Lipinski definition) is 5. The molecule has 2 aromatic heterocycles. The lowest BCUT2D eigenvalue weighted by Gasteiger charge is -2.09. The molecule has 0 saturated heterocycles. The van der Waals surface area contributed by atoms with E-state index in [1.54, 1.807) is 0 Å². The lowest BCUT2D eigenvalue weighted by molar-refractivity contribution is -0.137. The van der Waals surface area contributed by atoms with Gasteiger partial charge in [-0.25, -0.2) is 18.9 Å². The Labute approximate surface area is 183 Å². The van der Waals surface area contributed by atoms with Crippen molar-refractivity contribution in [3.63, 3.8) is 0 Å². The predicted molar refractivity (Wildman–Crippen MR) is 113 cm³/mol. The number of rotatable bonds is 5. The second-order valence-corrected chi connectivity index (χ2v) is 7.97. The highest BCUT2D eigenvalue weighted by Gasteiger charge is 2.30. The highest BCUT2D eigenvalue weighted by atomic mass is 32.2. The van der Waals surface area contributed by atoms with E-state index in [4.69, 9.17) is 0 Å². The molecule has 4 aromatic rings. The minimum absolute atomic E-state index is 0.0287. The molecule has 0 saturated carbocycles. The summed E-state index contributed by atoms with van der Waals surface area (Å²) in [6.07, 6.45) is -1.63. The topological polar surface area (TPSA) is 81.3 Å². The van der Waals surface area contributed by atoms with Crippen LogP contribution in [0.3, 0.4) is 0 Å². The van der Waals surface area contributed by atoms with E-state index in [0.29, 0.717) is 5.03 Å². The number of carbonyl (C=O) groups excluding carboxylic acids is 1. The Bertz CT molecular complexity index is 1360. The minimum atomic E-state index is -4.53. The number of aromatic nitrogens is 4. The number of carbonyl (C=O) groups is 1. The fourth-order valence-electron chi connectivity index (χ4n) is 3.00. The predicted octanol–water partition coefficient (Wildman–Crippen LogP) is 4.01. The highest BCUT2D eigenvalue weighted by molar-refractivity contribution is 7.99. The number of nitrogens with zero attached hydrogens (tertiary/aromatic N) is 4. The number of anilines is 1. The van der Waals surface area contributed by atoms with Crippen LogP contribution >= 0.6 is 11.8 Å². The van der Waals surface area contributed by atoms with E-state index in [-0.39, 0.29) is 11.3 Å². The van der Waals surface area contributed by atoms with Crippen molar-refractivity contribution >= 4 is 29.0 Å². The molecule has 0 aliphatic heterocycles. The van der Waals surface area contributed by atoms with Crippen LogP contribution in [0.15, 0.2) is 75.6 Å². The van der Waals surface area contributed by atoms with Crippen LogP contribution in [-0.4, -0.2) is 25.1 Å². The van der Waals surface area contributed by atoms with Crippen molar-refractivity contribution in [1.82, 2.24) is 19.2 Å². The smallest absolute Gasteiger partial charge is 0.324 e. The fraction of sp³-hybridized carbons (Fsp3) is 0.143. The number of alkyl halides is 3. The van der Waals surface area contributed by atoms with Crippen molar-refractivity contribution in [2.45, 2.75) is 29.6 Å². The fourth-order valence-corrected chi connectivity index (χ4v) is 3.96. The molecule has 2 heterocycles. The molecule has 0 aliphatic rings. The summed E-state index contributed by atoms with van der Waals surface area (Å²) in [4.78, 5) is 30.2. The third-order valence-corrected chi connectivity index (χ3v) is 5.41. The van der Waals surface area contributed by atoms with Crippen LogP contribution in [0.5, 0.6) is 0 Å². The van der Waals surface area contributed by atoms with Crippen LogP contribution in [0.2, 0.25) is 0 Å². The summed E-state index contributed by atoms with van der Waals surface area (Å²) in [5, 5.41) is 7.06. The molecule has 2 aromatic carbocycles. The summed E-state index contributed by atoms with van der Waals surface area (Å²) in [6, 6.07) is 12.0. The van der Waals surface area contributed by atoms with Gasteiger partial charge in [-0.15, -0.1) is 5.10 Å². The number of fused-ring (bicyclic) bond motifs is 1. The second kappa shape index (κ2) is 8.50. The SMILES string of the molecule is Cc1cccc(Sc2nccn3c(=O)n(CC(=O)Nc4cccc(C(F)(F)F)c4)nc23)c1. The first-order valence-electron chi connectivity index (χ1n) is 9.36. The average Bonchev–Trinajstić information content (AvgIpc) is 3.04. The molecule has 0 aliphatic carbocycles. The van der Waals surface area contributed by atoms with Crippen molar-refractivity contribution in [3.8, 4) is 0 Å². The van der Waals surface area contributed by atoms with E-state index in [1.807, 2.05) is 31.2 Å². The zero-order valence-corrected chi connectivity index (χ0v) is 17.4. The van der Waals surface area contributed by atoms with Gasteiger partial charge in [-0.3, -0.25) is 4.79 Å². The lowest BCUT2D eigenvalue weighted by atomic mass is 10.2. The third kappa shape index (κ3) is 4.67. The van der Waals surface area contributed by atoms with Gasteiger partial charge in [-0.2, -0.15) is 13.2 Å². The maximum absolute atomic E-state index is 12.9. The molecule has 1 amide bonds. The summed E-state index contributed by atoms with van der Waals surface area (Å²) >= 11 is 1.32. The highest BCUT2D eigenvalue weighted by Crippen LogP contribution is 2.31. The Morgan fingerprint density at radius 1 is 1.16 bits per heavy atom. The Hall–Kier alpha value is -3.60. The summed E-state index contributed by atoms with van der Waals surface area (Å²) in [6.45, 7) is 1.49. The molecule has 0 unspecified atom stereocenters. The van der Waals surface area contributed by atoms with Crippen LogP contribution in [0.1, 0.15) is 11.1 Å². The van der Waals surface area contributed by atoms with Crippen molar-refractivity contribution in [1.29, 1.82) is 0 Å². The number of hydrogen-bond donors (Lipinski definition) is 1. The van der Waals surface area contributed by atoms with Gasteiger partial charge in [0.2, 0.25) is 5.91 Å². The van der Waals surface area contributed by atoms with Gasteiger partial charge in [0.05, 0.1) is 5.56 Å². The molecule has 1 N–H and O–H groups in total. The summed E-state index contributed by atoms with van der Waals surface area (Å²) in [5.41, 5.74) is -0.136. The Morgan fingerprint density at radius 2 is 1.94 bits per heavy atom. The van der Waals surface area contributed by atoms with Crippen molar-refractivity contribution in [2.75, 3.05) is 5.32 Å². The molecule has 0 spiro atoms. The molecule has 0 bridgehead atoms. The molecule has 32 heavy (non-hydrogen) atoms. The number of halogens is 3. The lowest BCUT2D eigenvalue weighted by Crippen LogP contribution is -2.28. The van der Waals surface area contributed by atoms with Gasteiger partial charge in [0.15, 0.2) is 5.65 Å². The average molecular weight is 459 g/mol. The molecule has 7 nitrogen and oxygen atoms in total. The maximum Gasteiger partial charge on any atom is 0.416 e. The molecular formula is C21H16F3N5O2S. The number of nitrogens with one attached hydrogen (secondary N) is 1. The van der Waals surface area contributed by atoms with E-state index in [2.05, 4.69) is 15.4 Å². The van der Waals surface area contributed by atoms with E-state index in [1.165, 1.54) is 40.7 Å². The van der Waals surface area contributed by atoms with Crippen LogP contribution in [0, 0.1) is 6.92 Å². The van der Waals surface area contributed by atoms with Gasteiger partial charge >= 0.3 is 11.9 Å². The van der Waals surface area contributed by atoms with Gasteiger partial charge in [0.1, 0.15) is 11.6 Å². The van der Waals surface area contributed by atoms with E-state index in [0.717, 1.165) is 27.3 Å². The molecule has 11 heteroatoms. The van der Waals surface area contributed by atoms with Gasteiger partial charge in [0, 0.05) is 23.0 Å². The van der Waals surface area contributed by atoms with Crippen molar-refractivity contribution in [3.05, 3.63) is 82.5 Å². The van der Waals surface area contributed by atoms with Crippen molar-refractivity contribution < 1.29 is 18.0 Å². The Morgan fingerprint density at radius 3 is 2.69 bits per heavy atom. The first-order chi connectivity index (χ1) is 15.2. The first-order valence-corrected chi connectivity index (χ1v) is 10.2. The Kier molecular flexibility index (Phi) is 5.74. The third-order valence-electron chi connectivity index (χ3n) is 4.44. The monoisotopic (exact) mass is 459 g/mol. The molecule has 0 radical (unpaired) electrons. The second-order valence-electron chi connectivity index (χ2n) is 6.91. The minimum Gasteiger partial charge on any atom is -0.324 e. The summed E-state index contributed by atoms with van der Waals surface area (Å²) in [7, 11) is 0. The molecule has 164 valence electrons. The number of aryl methyl sites for hydroxylation is 1. The van der Waals surface area contributed by atoms with Gasteiger partial charge in [-0.1, -0.05) is 35.5 Å². The standard InChI is InChI=1S/C21H16F3N5O2S/c1-13-4-2-7-16(10-13)32-19-18-27-29(20(31)28(18)9-8-25-19)12-17(30)26-15-6-3-5-14(11-15)21(22,23)24/h2-11H,12H2,1H3,(H,26,30). The Balaban J connectivity index is 1.57. The zero-order chi connectivity index (χ0) is 22.9. The van der Waals surface area contributed by atoms with Gasteiger partial charge in [-0.05, 0) is 37.3 Å². The number of amides is 1. The quantitative estimate of drug-likeness (QED) is 0.488. The van der Waals surface area contributed by atoms with Crippen molar-refractivity contribution in [2.24, 2.45) is 0 Å². The normalized spacial score (nSPS) is 11.6. The summed E-state index contributed by atoms with van der Waals surface area (Å²) in [5.74, 6) is -0.685. The van der Waals surface area contributed by atoms with Gasteiger partial charge in [0.25, 0.3) is 0 Å². The molecular weight excluding hydrogens is 443 g/mol. The maximum atomic E-state index is 12.9. The molecule has 4 rings (SSSR count). The molecule has 0 atom stereocenters. The largest absolute Gasteiger partial charge is 0.416 e.